The molecule has 0 atom stereocenters. The van der Waals surface area contributed by atoms with Crippen molar-refractivity contribution in [1.82, 2.24) is 5.43 Å². The van der Waals surface area contributed by atoms with E-state index in [1.165, 1.54) is 0 Å². The van der Waals surface area contributed by atoms with Gasteiger partial charge in [0.1, 0.15) is 6.54 Å². The van der Waals surface area contributed by atoms with E-state index in [1.54, 1.807) is 18.2 Å². The van der Waals surface area contributed by atoms with Gasteiger partial charge in [-0.3, -0.25) is 4.79 Å². The molecule has 86 valence electrons. The standard InChI is InChI=1S/C12H15BrN2O/c1-4-9-15(2,3)14-12(16)10-5-7-11(13)8-6-10/h4-8H,1,9H2,2-3H3/p+1. The van der Waals surface area contributed by atoms with Gasteiger partial charge in [-0.25, -0.2) is 4.59 Å². The summed E-state index contributed by atoms with van der Waals surface area (Å²) in [7, 11) is 3.83. The summed E-state index contributed by atoms with van der Waals surface area (Å²) < 4.78 is 1.35. The van der Waals surface area contributed by atoms with E-state index in [9.17, 15) is 4.79 Å². The van der Waals surface area contributed by atoms with Gasteiger partial charge in [0, 0.05) is 10.0 Å². The predicted molar refractivity (Wildman–Crippen MR) is 68.8 cm³/mol. The van der Waals surface area contributed by atoms with Crippen LogP contribution in [0.3, 0.4) is 0 Å². The number of benzene rings is 1. The number of nitrogens with one attached hydrogen (secondary N) is 1. The average molecular weight is 284 g/mol. The van der Waals surface area contributed by atoms with Crippen LogP contribution >= 0.6 is 15.9 Å². The molecule has 0 radical (unpaired) electrons. The summed E-state index contributed by atoms with van der Waals surface area (Å²) in [5, 5.41) is 0. The first-order valence-corrected chi connectivity index (χ1v) is 5.76. The summed E-state index contributed by atoms with van der Waals surface area (Å²) >= 11 is 3.33. The predicted octanol–water partition coefficient (Wildman–Crippen LogP) is 2.36. The molecule has 0 spiro atoms. The molecule has 3 nitrogen and oxygen atoms in total. The quantitative estimate of drug-likeness (QED) is 0.513. The van der Waals surface area contributed by atoms with Crippen molar-refractivity contribution in [1.29, 1.82) is 0 Å². The third kappa shape index (κ3) is 3.79. The topological polar surface area (TPSA) is 29.1 Å². The van der Waals surface area contributed by atoms with E-state index in [1.807, 2.05) is 26.2 Å². The van der Waals surface area contributed by atoms with Gasteiger partial charge in [0.15, 0.2) is 0 Å². The Kier molecular flexibility index (Phi) is 4.26. The molecule has 0 saturated carbocycles. The maximum absolute atomic E-state index is 11.9. The number of likely N-dealkylation sites (N-methyl/N-ethyl adjacent to an activating group) is 1. The van der Waals surface area contributed by atoms with E-state index in [4.69, 9.17) is 0 Å². The molecule has 4 heteroatoms. The first-order valence-electron chi connectivity index (χ1n) is 4.97. The van der Waals surface area contributed by atoms with Gasteiger partial charge in [0.2, 0.25) is 0 Å². The Morgan fingerprint density at radius 1 is 1.44 bits per heavy atom. The highest BCUT2D eigenvalue weighted by molar-refractivity contribution is 9.10. The van der Waals surface area contributed by atoms with E-state index < -0.39 is 0 Å². The number of rotatable bonds is 4. The van der Waals surface area contributed by atoms with Crippen molar-refractivity contribution < 1.29 is 9.39 Å². The maximum atomic E-state index is 11.9. The molecule has 0 aromatic heterocycles. The van der Waals surface area contributed by atoms with E-state index in [0.717, 1.165) is 4.47 Å². The van der Waals surface area contributed by atoms with Gasteiger partial charge in [-0.2, -0.15) is 5.43 Å². The van der Waals surface area contributed by atoms with Gasteiger partial charge in [-0.1, -0.05) is 22.5 Å². The van der Waals surface area contributed by atoms with Crippen molar-refractivity contribution in [3.63, 3.8) is 0 Å². The number of amides is 1. The zero-order valence-corrected chi connectivity index (χ0v) is 11.1. The van der Waals surface area contributed by atoms with Crippen LogP contribution in [0.15, 0.2) is 41.4 Å². The molecule has 1 N–H and O–H groups in total. The molecule has 0 heterocycles. The summed E-state index contributed by atoms with van der Waals surface area (Å²) in [5.74, 6) is -0.0839. The molecule has 0 bridgehead atoms. The third-order valence-corrected chi connectivity index (χ3v) is 2.62. The fourth-order valence-electron chi connectivity index (χ4n) is 1.31. The summed E-state index contributed by atoms with van der Waals surface area (Å²) in [6.45, 7) is 4.35. The van der Waals surface area contributed by atoms with Crippen molar-refractivity contribution >= 4 is 21.8 Å². The molecule has 0 aliphatic heterocycles. The van der Waals surface area contributed by atoms with E-state index in [2.05, 4.69) is 27.9 Å². The fraction of sp³-hybridized carbons (Fsp3) is 0.250. The molecule has 1 rings (SSSR count). The van der Waals surface area contributed by atoms with Crippen molar-refractivity contribution in [2.24, 2.45) is 0 Å². The lowest BCUT2D eigenvalue weighted by Gasteiger charge is -2.27. The summed E-state index contributed by atoms with van der Waals surface area (Å²) in [6.07, 6.45) is 1.78. The highest BCUT2D eigenvalue weighted by atomic mass is 79.9. The first-order chi connectivity index (χ1) is 7.44. The Hall–Kier alpha value is -1.13. The highest BCUT2D eigenvalue weighted by Gasteiger charge is 2.17. The summed E-state index contributed by atoms with van der Waals surface area (Å²) in [6, 6.07) is 7.27. The van der Waals surface area contributed by atoms with Crippen LogP contribution in [0, 0.1) is 0 Å². The van der Waals surface area contributed by atoms with Crippen molar-refractivity contribution in [2.75, 3.05) is 20.6 Å². The first kappa shape index (κ1) is 12.9. The lowest BCUT2D eigenvalue weighted by atomic mass is 10.2. The number of quaternary nitrogens is 1. The van der Waals surface area contributed by atoms with E-state index in [-0.39, 0.29) is 5.91 Å². The second kappa shape index (κ2) is 5.27. The SMILES string of the molecule is C=CC[N+](C)(C)NC(=O)c1ccc(Br)cc1. The molecular formula is C12H16BrN2O+. The molecular weight excluding hydrogens is 268 g/mol. The zero-order chi connectivity index (χ0) is 12.2. The monoisotopic (exact) mass is 283 g/mol. The van der Waals surface area contributed by atoms with Gasteiger partial charge < -0.3 is 0 Å². The second-order valence-electron chi connectivity index (χ2n) is 4.10. The summed E-state index contributed by atoms with van der Waals surface area (Å²) in [5.41, 5.74) is 3.56. The molecule has 16 heavy (non-hydrogen) atoms. The van der Waals surface area contributed by atoms with Crippen LogP contribution in [0.2, 0.25) is 0 Å². The zero-order valence-electron chi connectivity index (χ0n) is 9.53. The smallest absolute Gasteiger partial charge is 0.264 e. The average Bonchev–Trinajstić information content (AvgIpc) is 2.17. The van der Waals surface area contributed by atoms with E-state index in [0.29, 0.717) is 16.7 Å². The molecule has 0 saturated heterocycles. The molecule has 1 amide bonds. The number of carbonyl (C=O) groups excluding carboxylic acids is 1. The Morgan fingerprint density at radius 3 is 2.50 bits per heavy atom. The fourth-order valence-corrected chi connectivity index (χ4v) is 1.57. The minimum absolute atomic E-state index is 0.0839. The van der Waals surface area contributed by atoms with Crippen LogP contribution in [0.4, 0.5) is 0 Å². The Balaban J connectivity index is 2.72. The highest BCUT2D eigenvalue weighted by Crippen LogP contribution is 2.10. The van der Waals surface area contributed by atoms with Crippen molar-refractivity contribution in [2.45, 2.75) is 0 Å². The molecule has 0 aliphatic rings. The number of carbonyl (C=O) groups is 1. The largest absolute Gasteiger partial charge is 0.295 e. The normalized spacial score (nSPS) is 10.9. The van der Waals surface area contributed by atoms with Gasteiger partial charge in [-0.15, -0.1) is 0 Å². The molecule has 1 aromatic carbocycles. The lowest BCUT2D eigenvalue weighted by molar-refractivity contribution is -0.919. The van der Waals surface area contributed by atoms with Gasteiger partial charge in [-0.05, 0) is 30.3 Å². The van der Waals surface area contributed by atoms with Crippen molar-refractivity contribution in [3.05, 3.63) is 47.0 Å². The molecule has 0 aliphatic carbocycles. The number of nitrogens with zero attached hydrogens (tertiary/aromatic N) is 1. The summed E-state index contributed by atoms with van der Waals surface area (Å²) in [4.78, 5) is 11.9. The minimum Gasteiger partial charge on any atom is -0.264 e. The molecule has 0 unspecified atom stereocenters. The van der Waals surface area contributed by atoms with Gasteiger partial charge >= 0.3 is 0 Å². The van der Waals surface area contributed by atoms with Crippen LogP contribution in [-0.2, 0) is 0 Å². The molecule has 1 aromatic rings. The molecule has 0 fully saturated rings. The van der Waals surface area contributed by atoms with Crippen LogP contribution < -0.4 is 5.43 Å². The number of halogens is 1. The Labute approximate surface area is 104 Å². The van der Waals surface area contributed by atoms with Crippen molar-refractivity contribution in [3.8, 4) is 0 Å². The van der Waals surface area contributed by atoms with Crippen LogP contribution in [0.5, 0.6) is 0 Å². The van der Waals surface area contributed by atoms with Gasteiger partial charge in [0.25, 0.3) is 5.91 Å². The minimum atomic E-state index is -0.0839. The maximum Gasteiger partial charge on any atom is 0.295 e. The lowest BCUT2D eigenvalue weighted by Crippen LogP contribution is -2.54. The van der Waals surface area contributed by atoms with E-state index >= 15 is 0 Å². The number of hydrogen-bond acceptors (Lipinski definition) is 1. The third-order valence-electron chi connectivity index (χ3n) is 2.10. The van der Waals surface area contributed by atoms with Crippen LogP contribution in [0.1, 0.15) is 10.4 Å². The van der Waals surface area contributed by atoms with Crippen LogP contribution in [0.25, 0.3) is 0 Å². The van der Waals surface area contributed by atoms with Crippen LogP contribution in [-0.4, -0.2) is 31.1 Å². The van der Waals surface area contributed by atoms with Gasteiger partial charge in [0.05, 0.1) is 14.1 Å². The second-order valence-corrected chi connectivity index (χ2v) is 5.02. The Bertz CT molecular complexity index is 385. The number of hydrogen-bond donors (Lipinski definition) is 1. The Morgan fingerprint density at radius 2 is 2.00 bits per heavy atom.